The molecule has 0 atom stereocenters. The van der Waals surface area contributed by atoms with Gasteiger partial charge in [-0.25, -0.2) is 9.97 Å². The van der Waals surface area contributed by atoms with Gasteiger partial charge in [0, 0.05) is 17.8 Å². The van der Waals surface area contributed by atoms with Crippen LogP contribution in [0.3, 0.4) is 0 Å². The highest BCUT2D eigenvalue weighted by Gasteiger charge is 1.99. The van der Waals surface area contributed by atoms with Gasteiger partial charge in [-0.2, -0.15) is 5.10 Å². The van der Waals surface area contributed by atoms with Gasteiger partial charge in [0.25, 0.3) is 0 Å². The van der Waals surface area contributed by atoms with Crippen molar-refractivity contribution in [3.63, 3.8) is 0 Å². The average molecular weight is 225 g/mol. The van der Waals surface area contributed by atoms with Crippen LogP contribution in [0.1, 0.15) is 5.69 Å². The molecule has 0 bridgehead atoms. The molecule has 0 saturated carbocycles. The Labute approximate surface area is 97.9 Å². The third-order valence-corrected chi connectivity index (χ3v) is 2.48. The zero-order valence-electron chi connectivity index (χ0n) is 9.09. The summed E-state index contributed by atoms with van der Waals surface area (Å²) in [6.45, 7) is 0.637. The quantitative estimate of drug-likeness (QED) is 0.715. The first-order chi connectivity index (χ1) is 8.42. The summed E-state index contributed by atoms with van der Waals surface area (Å²) in [4.78, 5) is 8.67. The predicted octanol–water partition coefficient (Wildman–Crippen LogP) is 1.96. The highest BCUT2D eigenvalue weighted by atomic mass is 15.1. The maximum Gasteiger partial charge on any atom is 0.223 e. The monoisotopic (exact) mass is 225 g/mol. The third-order valence-electron chi connectivity index (χ3n) is 2.48. The van der Waals surface area contributed by atoms with E-state index >= 15 is 0 Å². The van der Waals surface area contributed by atoms with Crippen LogP contribution in [0.15, 0.2) is 42.7 Å². The SMILES string of the molecule is c1ccc2nc(NCc3ccn[nH]3)ncc2c1. The van der Waals surface area contributed by atoms with Crippen molar-refractivity contribution in [2.24, 2.45) is 0 Å². The van der Waals surface area contributed by atoms with Crippen molar-refractivity contribution in [2.75, 3.05) is 5.32 Å². The Balaban J connectivity index is 1.81. The number of nitrogens with one attached hydrogen (secondary N) is 2. The molecular formula is C12H11N5. The van der Waals surface area contributed by atoms with Crippen LogP contribution in [0.25, 0.3) is 10.9 Å². The van der Waals surface area contributed by atoms with Gasteiger partial charge in [-0.15, -0.1) is 0 Å². The fourth-order valence-corrected chi connectivity index (χ4v) is 1.61. The van der Waals surface area contributed by atoms with E-state index in [0.717, 1.165) is 16.6 Å². The number of hydrogen-bond donors (Lipinski definition) is 2. The lowest BCUT2D eigenvalue weighted by atomic mass is 10.2. The van der Waals surface area contributed by atoms with Gasteiger partial charge in [0.2, 0.25) is 5.95 Å². The summed E-state index contributed by atoms with van der Waals surface area (Å²) in [5, 5.41) is 10.9. The van der Waals surface area contributed by atoms with E-state index in [1.54, 1.807) is 6.20 Å². The molecule has 84 valence electrons. The Morgan fingerprint density at radius 2 is 2.12 bits per heavy atom. The highest BCUT2D eigenvalue weighted by molar-refractivity contribution is 5.78. The number of anilines is 1. The van der Waals surface area contributed by atoms with Crippen molar-refractivity contribution in [3.05, 3.63) is 48.4 Å². The number of nitrogens with zero attached hydrogens (tertiary/aromatic N) is 3. The molecule has 5 heteroatoms. The molecular weight excluding hydrogens is 214 g/mol. The van der Waals surface area contributed by atoms with Crippen LogP contribution < -0.4 is 5.32 Å². The molecule has 0 unspecified atom stereocenters. The van der Waals surface area contributed by atoms with Gasteiger partial charge in [0.05, 0.1) is 17.8 Å². The van der Waals surface area contributed by atoms with Gasteiger partial charge in [0.1, 0.15) is 0 Å². The number of aromatic amines is 1. The standard InChI is InChI=1S/C12H11N5/c1-2-4-11-9(3-1)7-13-12(16-11)14-8-10-5-6-15-17-10/h1-7H,8H2,(H,15,17)(H,13,14,16). The molecule has 0 amide bonds. The molecule has 3 rings (SSSR count). The van der Waals surface area contributed by atoms with Crippen molar-refractivity contribution >= 4 is 16.9 Å². The zero-order chi connectivity index (χ0) is 11.5. The average Bonchev–Trinajstić information content (AvgIpc) is 2.89. The molecule has 1 aromatic carbocycles. The van der Waals surface area contributed by atoms with Crippen molar-refractivity contribution in [1.29, 1.82) is 0 Å². The number of hydrogen-bond acceptors (Lipinski definition) is 4. The second-order valence-electron chi connectivity index (χ2n) is 3.69. The summed E-state index contributed by atoms with van der Waals surface area (Å²) >= 11 is 0. The van der Waals surface area contributed by atoms with E-state index in [4.69, 9.17) is 0 Å². The van der Waals surface area contributed by atoms with Gasteiger partial charge >= 0.3 is 0 Å². The lowest BCUT2D eigenvalue weighted by molar-refractivity contribution is 0.965. The number of fused-ring (bicyclic) bond motifs is 1. The molecule has 0 radical (unpaired) electrons. The van der Waals surface area contributed by atoms with Crippen LogP contribution in [0, 0.1) is 0 Å². The predicted molar refractivity (Wildman–Crippen MR) is 65.5 cm³/mol. The number of H-pyrrole nitrogens is 1. The van der Waals surface area contributed by atoms with Gasteiger partial charge in [0.15, 0.2) is 0 Å². The molecule has 3 aromatic rings. The van der Waals surface area contributed by atoms with Crippen LogP contribution in [-0.4, -0.2) is 20.2 Å². The maximum absolute atomic E-state index is 4.42. The first kappa shape index (κ1) is 9.77. The van der Waals surface area contributed by atoms with Crippen LogP contribution in [-0.2, 0) is 6.54 Å². The fraction of sp³-hybridized carbons (Fsp3) is 0.0833. The van der Waals surface area contributed by atoms with Crippen LogP contribution in [0.2, 0.25) is 0 Å². The van der Waals surface area contributed by atoms with E-state index in [1.807, 2.05) is 36.5 Å². The Hall–Kier alpha value is -2.43. The number of para-hydroxylation sites is 1. The zero-order valence-corrected chi connectivity index (χ0v) is 9.09. The van der Waals surface area contributed by atoms with Gasteiger partial charge in [-0.3, -0.25) is 5.10 Å². The van der Waals surface area contributed by atoms with E-state index in [-0.39, 0.29) is 0 Å². The van der Waals surface area contributed by atoms with E-state index in [0.29, 0.717) is 12.5 Å². The number of benzene rings is 1. The summed E-state index contributed by atoms with van der Waals surface area (Å²) < 4.78 is 0. The van der Waals surface area contributed by atoms with E-state index in [1.165, 1.54) is 0 Å². The summed E-state index contributed by atoms with van der Waals surface area (Å²) in [5.41, 5.74) is 1.94. The lowest BCUT2D eigenvalue weighted by Gasteiger charge is -2.03. The summed E-state index contributed by atoms with van der Waals surface area (Å²) in [7, 11) is 0. The van der Waals surface area contributed by atoms with Gasteiger partial charge in [-0.05, 0) is 12.1 Å². The van der Waals surface area contributed by atoms with Crippen molar-refractivity contribution in [1.82, 2.24) is 20.2 Å². The Morgan fingerprint density at radius 3 is 3.00 bits per heavy atom. The first-order valence-corrected chi connectivity index (χ1v) is 5.36. The van der Waals surface area contributed by atoms with Gasteiger partial charge < -0.3 is 5.32 Å². The first-order valence-electron chi connectivity index (χ1n) is 5.36. The van der Waals surface area contributed by atoms with E-state index in [2.05, 4.69) is 25.5 Å². The minimum atomic E-state index is 0.623. The summed E-state index contributed by atoms with van der Waals surface area (Å²) in [6.07, 6.45) is 3.54. The number of aromatic nitrogens is 4. The molecule has 17 heavy (non-hydrogen) atoms. The highest BCUT2D eigenvalue weighted by Crippen LogP contribution is 2.11. The second-order valence-corrected chi connectivity index (χ2v) is 3.69. The molecule has 2 aromatic heterocycles. The summed E-state index contributed by atoms with van der Waals surface area (Å²) in [5.74, 6) is 0.623. The molecule has 0 aliphatic rings. The fourth-order valence-electron chi connectivity index (χ4n) is 1.61. The Kier molecular flexibility index (Phi) is 2.42. The van der Waals surface area contributed by atoms with Crippen molar-refractivity contribution < 1.29 is 0 Å². The topological polar surface area (TPSA) is 66.5 Å². The largest absolute Gasteiger partial charge is 0.349 e. The Morgan fingerprint density at radius 1 is 1.18 bits per heavy atom. The molecule has 0 aliphatic carbocycles. The Bertz CT molecular complexity index is 618. The molecule has 0 spiro atoms. The molecule has 0 aliphatic heterocycles. The molecule has 0 saturated heterocycles. The molecule has 5 nitrogen and oxygen atoms in total. The smallest absolute Gasteiger partial charge is 0.223 e. The van der Waals surface area contributed by atoms with E-state index in [9.17, 15) is 0 Å². The molecule has 2 N–H and O–H groups in total. The molecule has 2 heterocycles. The van der Waals surface area contributed by atoms with Crippen LogP contribution in [0.4, 0.5) is 5.95 Å². The maximum atomic E-state index is 4.42. The van der Waals surface area contributed by atoms with Gasteiger partial charge in [-0.1, -0.05) is 18.2 Å². The minimum Gasteiger partial charge on any atom is -0.349 e. The lowest BCUT2D eigenvalue weighted by Crippen LogP contribution is -2.03. The van der Waals surface area contributed by atoms with E-state index < -0.39 is 0 Å². The second kappa shape index (κ2) is 4.21. The van der Waals surface area contributed by atoms with Crippen molar-refractivity contribution in [2.45, 2.75) is 6.54 Å². The van der Waals surface area contributed by atoms with Crippen LogP contribution in [0.5, 0.6) is 0 Å². The summed E-state index contributed by atoms with van der Waals surface area (Å²) in [6, 6.07) is 9.82. The normalized spacial score (nSPS) is 10.6. The van der Waals surface area contributed by atoms with Crippen molar-refractivity contribution in [3.8, 4) is 0 Å². The number of rotatable bonds is 3. The minimum absolute atomic E-state index is 0.623. The molecule has 0 fully saturated rings. The van der Waals surface area contributed by atoms with Crippen LogP contribution >= 0.6 is 0 Å². The third kappa shape index (κ3) is 2.08.